The zero-order valence-electron chi connectivity index (χ0n) is 60.1. The van der Waals surface area contributed by atoms with Crippen molar-refractivity contribution in [2.75, 3.05) is 27.3 Å². The smallest absolute Gasteiger partial charge is 0.418 e. The van der Waals surface area contributed by atoms with Gasteiger partial charge in [0.05, 0.1) is 20.9 Å². The van der Waals surface area contributed by atoms with E-state index in [1.54, 1.807) is 108 Å². The number of anilines is 4. The molecule has 3 amide bonds. The molecule has 10 N–H and O–H groups in total. The molecule has 9 aromatic carbocycles. The van der Waals surface area contributed by atoms with Gasteiger partial charge in [-0.2, -0.15) is 13.2 Å². The van der Waals surface area contributed by atoms with E-state index >= 15 is 0 Å². The molecule has 1 atom stereocenters. The number of alkyl halides is 3. The third kappa shape index (κ3) is 22.2. The SMILES string of the molecule is CC(C(=O)Nc1ccc(-c2ccc(S(=O)(=O)NC(C)(C)C)cc2)cc1)n1ccc2ccccc21.CC(C)(C)NS(=O)(=O)c1ccc(-c2ccc(NC(=O)CCn3ccc4cc(Cl)ccc43)cc2)cc1.O.O.O=C(COc1ccnc2c(C(F)(F)F)cccc12)Nc1ccc(-c2ccc(SNc3nccs3)cc2)cc1. The van der Waals surface area contributed by atoms with Gasteiger partial charge >= 0.3 is 6.18 Å². The molecule has 0 saturated heterocycles. The molecule has 0 bridgehead atoms. The Balaban J connectivity index is 0.000000187. The van der Waals surface area contributed by atoms with Crippen LogP contribution in [0.4, 0.5) is 35.4 Å². The van der Waals surface area contributed by atoms with Crippen molar-refractivity contribution in [3.63, 3.8) is 0 Å². The summed E-state index contributed by atoms with van der Waals surface area (Å²) in [6.07, 6.45) is 2.65. The number of thiazole rings is 1. The molecule has 28 heteroatoms. The van der Waals surface area contributed by atoms with E-state index in [1.807, 2.05) is 173 Å². The number of aryl methyl sites for hydroxylation is 1. The number of pyridine rings is 1. The number of halogens is 4. The number of amides is 3. The minimum atomic E-state index is -4.55. The van der Waals surface area contributed by atoms with Gasteiger partial charge in [0.25, 0.3) is 5.91 Å². The summed E-state index contributed by atoms with van der Waals surface area (Å²) in [5.74, 6) is -0.469. The number of carbonyl (C=O) groups is 3. The standard InChI is InChI=1S/C27H28ClN3O3S.C27H19F3N4O2S2.C27H29N3O3S.2H2O/c1-27(2,3)30-35(33,34)24-11-6-20(7-12-24)19-4-9-23(10-5-19)29-26(32)15-17-31-16-14-21-18-22(28)8-13-25(21)31;28-27(29,30)22-3-1-2-21-23(12-13-31-25(21)22)36-16-24(35)33-19-8-4-17(5-9-19)18-6-10-20(11-7-18)38-34-26-32-14-15-37-26;1-19(30-18-17-22-7-5-6-8-25(22)30)26(31)28-23-13-9-20(10-14-23)21-11-15-24(16-12-21)34(32,33)29-27(2,3)4;;/h4-14,16,18,30H,15,17H2,1-3H3,(H,29,32);1-15H,16H2,(H,32,34)(H,33,35);5-19,29H,1-4H3,(H,28,31);2*1H2. The lowest BCUT2D eigenvalue weighted by Crippen LogP contribution is -2.40. The predicted molar refractivity (Wildman–Crippen MR) is 431 cm³/mol. The second-order valence-corrected chi connectivity index (χ2v) is 32.4. The zero-order valence-corrected chi connectivity index (χ0v) is 64.2. The number of sulfonamides is 2. The number of hydrogen-bond acceptors (Lipinski definition) is 13. The molecule has 0 saturated carbocycles. The Morgan fingerprint density at radius 3 is 1.58 bits per heavy atom. The van der Waals surface area contributed by atoms with Crippen LogP contribution >= 0.6 is 34.9 Å². The van der Waals surface area contributed by atoms with Crippen molar-refractivity contribution >= 4 is 128 Å². The van der Waals surface area contributed by atoms with Gasteiger partial charge in [-0.3, -0.25) is 19.4 Å². The van der Waals surface area contributed by atoms with E-state index in [4.69, 9.17) is 16.3 Å². The summed E-state index contributed by atoms with van der Waals surface area (Å²) in [6, 6.07) is 66.3. The number of fused-ring (bicyclic) bond motifs is 3. The lowest BCUT2D eigenvalue weighted by Gasteiger charge is -2.20. The molecule has 13 rings (SSSR count). The predicted octanol–water partition coefficient (Wildman–Crippen LogP) is 17.5. The zero-order chi connectivity index (χ0) is 76.3. The molecule has 13 aromatic rings. The van der Waals surface area contributed by atoms with E-state index in [0.717, 1.165) is 71.3 Å². The number of nitrogens with zero attached hydrogens (tertiary/aromatic N) is 4. The Hall–Kier alpha value is -10.7. The first kappa shape index (κ1) is 82.3. The normalized spacial score (nSPS) is 11.9. The monoisotopic (exact) mass is 1570 g/mol. The fraction of sp³-hybridized carbons (Fsp3) is 0.173. The quantitative estimate of drug-likeness (QED) is 0.0366. The van der Waals surface area contributed by atoms with Crippen molar-refractivity contribution in [1.29, 1.82) is 0 Å². The van der Waals surface area contributed by atoms with Gasteiger partial charge in [-0.1, -0.05) is 109 Å². The van der Waals surface area contributed by atoms with Crippen LogP contribution in [0.25, 0.3) is 66.1 Å². The molecule has 4 heterocycles. The first-order valence-electron chi connectivity index (χ1n) is 33.7. The maximum atomic E-state index is 13.3. The second kappa shape index (κ2) is 35.5. The summed E-state index contributed by atoms with van der Waals surface area (Å²) in [5.41, 5.74) is 7.47. The van der Waals surface area contributed by atoms with Gasteiger partial charge in [-0.05, 0) is 227 Å². The molecule has 0 aliphatic heterocycles. The van der Waals surface area contributed by atoms with E-state index in [-0.39, 0.29) is 61.9 Å². The van der Waals surface area contributed by atoms with Crippen molar-refractivity contribution < 1.29 is 60.1 Å². The maximum absolute atomic E-state index is 13.3. The summed E-state index contributed by atoms with van der Waals surface area (Å²) >= 11 is 9.05. The largest absolute Gasteiger partial charge is 0.483 e. The van der Waals surface area contributed by atoms with E-state index < -0.39 is 48.8 Å². The molecule has 0 fully saturated rings. The average Bonchev–Trinajstić information content (AvgIpc) is 1.68. The highest BCUT2D eigenvalue weighted by molar-refractivity contribution is 8.00. The fourth-order valence-electron chi connectivity index (χ4n) is 11.4. The summed E-state index contributed by atoms with van der Waals surface area (Å²) in [4.78, 5) is 47.3. The van der Waals surface area contributed by atoms with E-state index in [2.05, 4.69) is 40.1 Å². The van der Waals surface area contributed by atoms with E-state index in [0.29, 0.717) is 35.1 Å². The van der Waals surface area contributed by atoms with Crippen molar-refractivity contribution in [2.45, 2.75) is 99.4 Å². The maximum Gasteiger partial charge on any atom is 0.418 e. The van der Waals surface area contributed by atoms with Gasteiger partial charge in [0.15, 0.2) is 11.7 Å². The van der Waals surface area contributed by atoms with Crippen molar-refractivity contribution in [3.8, 4) is 39.1 Å². The van der Waals surface area contributed by atoms with Crippen LogP contribution in [0.1, 0.15) is 66.5 Å². The number of aromatic nitrogens is 4. The van der Waals surface area contributed by atoms with Crippen LogP contribution < -0.4 is 34.9 Å². The molecule has 0 radical (unpaired) electrons. The number of carbonyl (C=O) groups excluding carboxylic acids is 3. The molecule has 566 valence electrons. The van der Waals surface area contributed by atoms with Gasteiger partial charge in [-0.25, -0.2) is 31.3 Å². The molecular weight excluding hydrogens is 1490 g/mol. The Morgan fingerprint density at radius 1 is 0.550 bits per heavy atom. The van der Waals surface area contributed by atoms with Gasteiger partial charge in [0.2, 0.25) is 31.9 Å². The van der Waals surface area contributed by atoms with Crippen LogP contribution in [0.3, 0.4) is 0 Å². The summed E-state index contributed by atoms with van der Waals surface area (Å²) < 4.78 is 108. The molecule has 1 unspecified atom stereocenters. The number of hydrogen-bond donors (Lipinski definition) is 6. The van der Waals surface area contributed by atoms with Crippen molar-refractivity contribution in [3.05, 3.63) is 265 Å². The summed E-state index contributed by atoms with van der Waals surface area (Å²) in [5, 5.41) is 14.4. The Morgan fingerprint density at radius 2 is 1.06 bits per heavy atom. The minimum absolute atomic E-state index is 0. The number of benzene rings is 9. The third-order valence-corrected chi connectivity index (χ3v) is 21.8. The fourth-order valence-corrected chi connectivity index (χ4v) is 15.6. The molecule has 0 aliphatic rings. The van der Waals surface area contributed by atoms with E-state index in [9.17, 15) is 44.4 Å². The first-order chi connectivity index (χ1) is 50.9. The Bertz CT molecular complexity index is 5510. The highest BCUT2D eigenvalue weighted by Crippen LogP contribution is 2.37. The molecule has 109 heavy (non-hydrogen) atoms. The van der Waals surface area contributed by atoms with Crippen molar-refractivity contribution in [1.82, 2.24) is 28.5 Å². The molecule has 4 aromatic heterocycles. The van der Waals surface area contributed by atoms with Gasteiger partial charge in [-0.15, -0.1) is 11.3 Å². The minimum Gasteiger partial charge on any atom is -0.483 e. The van der Waals surface area contributed by atoms with Crippen LogP contribution in [-0.4, -0.2) is 82.3 Å². The van der Waals surface area contributed by atoms with Gasteiger partial charge in [0.1, 0.15) is 11.8 Å². The number of para-hydroxylation sites is 2. The van der Waals surface area contributed by atoms with Gasteiger partial charge < -0.3 is 45.5 Å². The summed E-state index contributed by atoms with van der Waals surface area (Å²) in [6.45, 7) is 12.9. The average molecular weight is 1570 g/mol. The Kier molecular flexibility index (Phi) is 26.9. The highest BCUT2D eigenvalue weighted by Gasteiger charge is 2.34. The molecule has 0 aliphatic carbocycles. The van der Waals surface area contributed by atoms with Gasteiger partial charge in [0, 0.05) is 103 Å². The van der Waals surface area contributed by atoms with Crippen LogP contribution in [0.5, 0.6) is 5.75 Å². The second-order valence-electron chi connectivity index (χ2n) is 26.9. The molecule has 20 nitrogen and oxygen atoms in total. The topological polar surface area (TPSA) is 300 Å². The van der Waals surface area contributed by atoms with Crippen LogP contribution in [-0.2, 0) is 47.2 Å². The molecule has 0 spiro atoms. The number of nitrogens with one attached hydrogen (secondary N) is 6. The molecular formula is C81H80ClF3N10O10S4. The van der Waals surface area contributed by atoms with Crippen LogP contribution in [0, 0.1) is 0 Å². The van der Waals surface area contributed by atoms with E-state index in [1.165, 1.54) is 47.7 Å². The highest BCUT2D eigenvalue weighted by atomic mass is 35.5. The lowest BCUT2D eigenvalue weighted by atomic mass is 10.1. The number of ether oxygens (including phenoxy) is 1. The lowest BCUT2D eigenvalue weighted by molar-refractivity contribution is -0.136. The third-order valence-electron chi connectivity index (χ3n) is 16.4. The first-order valence-corrected chi connectivity index (χ1v) is 38.7. The van der Waals surface area contributed by atoms with Crippen LogP contribution in [0.15, 0.2) is 269 Å². The van der Waals surface area contributed by atoms with Crippen molar-refractivity contribution in [2.24, 2.45) is 0 Å². The summed E-state index contributed by atoms with van der Waals surface area (Å²) in [7, 11) is -7.16. The number of rotatable bonds is 21. The Labute approximate surface area is 643 Å². The van der Waals surface area contributed by atoms with Crippen LogP contribution in [0.2, 0.25) is 5.02 Å².